The maximum absolute atomic E-state index is 13.2. The van der Waals surface area contributed by atoms with Gasteiger partial charge in [0, 0.05) is 12.7 Å². The van der Waals surface area contributed by atoms with Gasteiger partial charge >= 0.3 is 0 Å². The minimum Gasteiger partial charge on any atom is -0.356 e. The quantitative estimate of drug-likeness (QED) is 0.898. The second kappa shape index (κ2) is 5.82. The van der Waals surface area contributed by atoms with E-state index in [1.807, 2.05) is 17.7 Å². The number of rotatable bonds is 5. The van der Waals surface area contributed by atoms with Crippen LogP contribution >= 0.6 is 0 Å². The van der Waals surface area contributed by atoms with Gasteiger partial charge in [0.2, 0.25) is 5.95 Å². The van der Waals surface area contributed by atoms with Crippen molar-refractivity contribution >= 4 is 5.95 Å². The standard InChI is InChI=1S/C14H17F2N3/c1-3-6-17-14-18-10(2)8-19(14)9-11-4-5-12(15)13(16)7-11/h4-5,7-8H,3,6,9H2,1-2H3,(H,17,18). The van der Waals surface area contributed by atoms with Gasteiger partial charge in [-0.2, -0.15) is 0 Å². The molecule has 102 valence electrons. The normalized spacial score (nSPS) is 10.7. The highest BCUT2D eigenvalue weighted by Crippen LogP contribution is 2.14. The Kier molecular flexibility index (Phi) is 4.14. The molecular formula is C14H17F2N3. The van der Waals surface area contributed by atoms with Gasteiger partial charge in [-0.15, -0.1) is 0 Å². The van der Waals surface area contributed by atoms with Crippen LogP contribution in [-0.2, 0) is 6.54 Å². The van der Waals surface area contributed by atoms with Crippen LogP contribution in [0.2, 0.25) is 0 Å². The van der Waals surface area contributed by atoms with Crippen LogP contribution < -0.4 is 5.32 Å². The van der Waals surface area contributed by atoms with Gasteiger partial charge in [0.05, 0.1) is 12.2 Å². The molecule has 1 N–H and O–H groups in total. The van der Waals surface area contributed by atoms with E-state index in [1.54, 1.807) is 6.07 Å². The van der Waals surface area contributed by atoms with E-state index in [0.29, 0.717) is 12.1 Å². The van der Waals surface area contributed by atoms with Crippen molar-refractivity contribution in [2.24, 2.45) is 0 Å². The van der Waals surface area contributed by atoms with Gasteiger partial charge in [0.15, 0.2) is 11.6 Å². The Morgan fingerprint density at radius 1 is 1.26 bits per heavy atom. The third-order valence-corrected chi connectivity index (χ3v) is 2.77. The molecule has 0 spiro atoms. The molecule has 1 heterocycles. The molecule has 0 aliphatic carbocycles. The van der Waals surface area contributed by atoms with Gasteiger partial charge in [-0.1, -0.05) is 13.0 Å². The number of imidazole rings is 1. The van der Waals surface area contributed by atoms with E-state index in [1.165, 1.54) is 6.07 Å². The predicted octanol–water partition coefficient (Wildman–Crippen LogP) is 3.34. The van der Waals surface area contributed by atoms with Gasteiger partial charge < -0.3 is 9.88 Å². The Labute approximate surface area is 111 Å². The van der Waals surface area contributed by atoms with Crippen molar-refractivity contribution in [1.82, 2.24) is 9.55 Å². The molecule has 3 nitrogen and oxygen atoms in total. The maximum Gasteiger partial charge on any atom is 0.203 e. The summed E-state index contributed by atoms with van der Waals surface area (Å²) >= 11 is 0. The highest BCUT2D eigenvalue weighted by molar-refractivity contribution is 5.30. The third-order valence-electron chi connectivity index (χ3n) is 2.77. The van der Waals surface area contributed by atoms with E-state index < -0.39 is 11.6 Å². The fraction of sp³-hybridized carbons (Fsp3) is 0.357. The largest absolute Gasteiger partial charge is 0.356 e. The van der Waals surface area contributed by atoms with Crippen LogP contribution in [0.5, 0.6) is 0 Å². The van der Waals surface area contributed by atoms with Crippen molar-refractivity contribution in [2.45, 2.75) is 26.8 Å². The van der Waals surface area contributed by atoms with Crippen LogP contribution in [0.15, 0.2) is 24.4 Å². The number of benzene rings is 1. The summed E-state index contributed by atoms with van der Waals surface area (Å²) < 4.78 is 28.0. The molecule has 0 aliphatic heterocycles. The molecule has 0 unspecified atom stereocenters. The lowest BCUT2D eigenvalue weighted by Crippen LogP contribution is -2.09. The SMILES string of the molecule is CCCNc1nc(C)cn1Cc1ccc(F)c(F)c1. The molecule has 0 bridgehead atoms. The molecule has 0 fully saturated rings. The molecule has 1 aromatic heterocycles. The Morgan fingerprint density at radius 2 is 2.05 bits per heavy atom. The summed E-state index contributed by atoms with van der Waals surface area (Å²) in [6.07, 6.45) is 2.89. The zero-order valence-electron chi connectivity index (χ0n) is 11.1. The number of aryl methyl sites for hydroxylation is 1. The Hall–Kier alpha value is -1.91. The zero-order chi connectivity index (χ0) is 13.8. The van der Waals surface area contributed by atoms with E-state index in [9.17, 15) is 8.78 Å². The summed E-state index contributed by atoms with van der Waals surface area (Å²) in [5, 5.41) is 3.21. The molecular weight excluding hydrogens is 248 g/mol. The average Bonchev–Trinajstić information content (AvgIpc) is 2.71. The minimum absolute atomic E-state index is 0.462. The number of nitrogens with zero attached hydrogens (tertiary/aromatic N) is 2. The van der Waals surface area contributed by atoms with Crippen LogP contribution in [0.3, 0.4) is 0 Å². The fourth-order valence-electron chi connectivity index (χ4n) is 1.88. The van der Waals surface area contributed by atoms with Gasteiger partial charge in [0.25, 0.3) is 0 Å². The summed E-state index contributed by atoms with van der Waals surface area (Å²) in [7, 11) is 0. The molecule has 2 rings (SSSR count). The molecule has 0 aliphatic rings. The minimum atomic E-state index is -0.824. The first kappa shape index (κ1) is 13.5. The molecule has 0 saturated carbocycles. The summed E-state index contributed by atoms with van der Waals surface area (Å²) in [4.78, 5) is 4.37. The lowest BCUT2D eigenvalue weighted by atomic mass is 10.2. The van der Waals surface area contributed by atoms with Crippen molar-refractivity contribution < 1.29 is 8.78 Å². The number of hydrogen-bond acceptors (Lipinski definition) is 2. The zero-order valence-corrected chi connectivity index (χ0v) is 11.1. The number of nitrogens with one attached hydrogen (secondary N) is 1. The summed E-state index contributed by atoms with van der Waals surface area (Å²) in [5.41, 5.74) is 1.59. The van der Waals surface area contributed by atoms with Crippen LogP contribution in [0, 0.1) is 18.6 Å². The highest BCUT2D eigenvalue weighted by Gasteiger charge is 2.07. The molecule has 19 heavy (non-hydrogen) atoms. The van der Waals surface area contributed by atoms with Crippen molar-refractivity contribution in [1.29, 1.82) is 0 Å². The van der Waals surface area contributed by atoms with Crippen molar-refractivity contribution in [3.05, 3.63) is 47.3 Å². The number of aromatic nitrogens is 2. The molecule has 2 aromatic rings. The average molecular weight is 265 g/mol. The van der Waals surface area contributed by atoms with E-state index in [2.05, 4.69) is 17.2 Å². The lowest BCUT2D eigenvalue weighted by Gasteiger charge is -2.09. The van der Waals surface area contributed by atoms with Gasteiger partial charge in [0.1, 0.15) is 0 Å². The monoisotopic (exact) mass is 265 g/mol. The van der Waals surface area contributed by atoms with Crippen LogP contribution in [0.1, 0.15) is 24.6 Å². The molecule has 1 aromatic carbocycles. The van der Waals surface area contributed by atoms with Crippen molar-refractivity contribution in [2.75, 3.05) is 11.9 Å². The predicted molar refractivity (Wildman–Crippen MR) is 71.2 cm³/mol. The summed E-state index contributed by atoms with van der Waals surface area (Å²) in [6.45, 7) is 5.26. The van der Waals surface area contributed by atoms with Gasteiger partial charge in [-0.3, -0.25) is 0 Å². The Bertz CT molecular complexity index is 564. The van der Waals surface area contributed by atoms with Crippen molar-refractivity contribution in [3.8, 4) is 0 Å². The topological polar surface area (TPSA) is 29.9 Å². The van der Waals surface area contributed by atoms with Crippen molar-refractivity contribution in [3.63, 3.8) is 0 Å². The van der Waals surface area contributed by atoms with E-state index in [0.717, 1.165) is 30.7 Å². The molecule has 0 saturated heterocycles. The molecule has 0 radical (unpaired) electrons. The van der Waals surface area contributed by atoms with E-state index in [4.69, 9.17) is 0 Å². The van der Waals surface area contributed by atoms with E-state index in [-0.39, 0.29) is 0 Å². The molecule has 5 heteroatoms. The highest BCUT2D eigenvalue weighted by atomic mass is 19.2. The number of halogens is 2. The second-order valence-electron chi connectivity index (χ2n) is 4.51. The first-order chi connectivity index (χ1) is 9.10. The molecule has 0 amide bonds. The smallest absolute Gasteiger partial charge is 0.203 e. The van der Waals surface area contributed by atoms with Crippen LogP contribution in [0.25, 0.3) is 0 Å². The van der Waals surface area contributed by atoms with E-state index >= 15 is 0 Å². The number of hydrogen-bond donors (Lipinski definition) is 1. The number of anilines is 1. The lowest BCUT2D eigenvalue weighted by molar-refractivity contribution is 0.506. The fourth-order valence-corrected chi connectivity index (χ4v) is 1.88. The van der Waals surface area contributed by atoms with Crippen LogP contribution in [0.4, 0.5) is 14.7 Å². The van der Waals surface area contributed by atoms with Gasteiger partial charge in [-0.25, -0.2) is 13.8 Å². The molecule has 0 atom stereocenters. The van der Waals surface area contributed by atoms with Gasteiger partial charge in [-0.05, 0) is 31.0 Å². The summed E-state index contributed by atoms with van der Waals surface area (Å²) in [6, 6.07) is 3.94. The Balaban J connectivity index is 2.19. The van der Waals surface area contributed by atoms with Crippen LogP contribution in [-0.4, -0.2) is 16.1 Å². The first-order valence-corrected chi connectivity index (χ1v) is 6.31. The second-order valence-corrected chi connectivity index (χ2v) is 4.51. The maximum atomic E-state index is 13.2. The first-order valence-electron chi connectivity index (χ1n) is 6.31. The third kappa shape index (κ3) is 3.30. The summed E-state index contributed by atoms with van der Waals surface area (Å²) in [5.74, 6) is -0.892. The Morgan fingerprint density at radius 3 is 2.74 bits per heavy atom.